The van der Waals surface area contributed by atoms with E-state index in [1.54, 1.807) is 0 Å². The van der Waals surface area contributed by atoms with Crippen molar-refractivity contribution in [1.82, 2.24) is 0 Å². The quantitative estimate of drug-likeness (QED) is 0.407. The molecule has 0 aromatic rings. The summed E-state index contributed by atoms with van der Waals surface area (Å²) in [6, 6.07) is 0. The molecule has 0 bridgehead atoms. The second-order valence-electron chi connectivity index (χ2n) is 0.806. The molecule has 0 N–H and O–H groups in total. The molecule has 0 saturated heterocycles. The lowest BCUT2D eigenvalue weighted by atomic mass is 10.6. The van der Waals surface area contributed by atoms with E-state index >= 15 is 0 Å². The van der Waals surface area contributed by atoms with Gasteiger partial charge in [0.2, 0.25) is 5.83 Å². The van der Waals surface area contributed by atoms with E-state index in [1.165, 1.54) is 0 Å². The van der Waals surface area contributed by atoms with Gasteiger partial charge in [-0.05, 0) is 6.85 Å². The highest BCUT2D eigenvalue weighted by molar-refractivity contribution is 5.85. The van der Waals surface area contributed by atoms with Crippen molar-refractivity contribution in [1.29, 1.82) is 0 Å². The number of hydrogen-bond donors (Lipinski definition) is 0. The number of rotatable bonds is 2. The molecular formula is C5H7FO2. The lowest BCUT2D eigenvalue weighted by Crippen LogP contribution is -2.02. The van der Waals surface area contributed by atoms with Crippen LogP contribution in [0.4, 0.5) is 4.39 Å². The zero-order valence-electron chi connectivity index (χ0n) is 10.7. The van der Waals surface area contributed by atoms with E-state index in [-0.39, 0.29) is 0 Å². The maximum Gasteiger partial charge on any atom is 0.366 e. The Balaban J connectivity index is 4.78. The molecule has 46 valence electrons. The number of hydrogen-bond acceptors (Lipinski definition) is 2. The van der Waals surface area contributed by atoms with Crippen LogP contribution in [0.2, 0.25) is 0 Å². The molecule has 0 fully saturated rings. The monoisotopic (exact) mass is 125 g/mol. The fourth-order valence-corrected chi connectivity index (χ4v) is 0.0912. The van der Waals surface area contributed by atoms with Crippen LogP contribution in [-0.4, -0.2) is 12.5 Å². The number of carbonyl (C=O) groups excluding carboxylic acids is 1. The Morgan fingerprint density at radius 1 is 2.38 bits per heavy atom. The van der Waals surface area contributed by atoms with Crippen LogP contribution in [0.5, 0.6) is 0 Å². The van der Waals surface area contributed by atoms with E-state index in [4.69, 9.17) is 9.60 Å². The Morgan fingerprint density at radius 2 is 3.12 bits per heavy atom. The third-order valence-electron chi connectivity index (χ3n) is 0.323. The van der Waals surface area contributed by atoms with Gasteiger partial charge in [0, 0.05) is 4.11 Å². The predicted molar refractivity (Wildman–Crippen MR) is 26.9 cm³/mol. The fourth-order valence-electron chi connectivity index (χ4n) is 0.0912. The Kier molecular flexibility index (Phi) is 0.620. The zero-order chi connectivity index (χ0) is 12.4. The van der Waals surface area contributed by atoms with Gasteiger partial charge in [-0.15, -0.1) is 0 Å². The summed E-state index contributed by atoms with van der Waals surface area (Å²) in [5.74, 6) is -3.95. The van der Waals surface area contributed by atoms with Gasteiger partial charge in [-0.1, -0.05) is 6.53 Å². The SMILES string of the molecule is [2H]C([2H])=C(F)C(=O)OC([2H])([2H])C([2H])([2H])[2H]. The standard InChI is InChI=1S/C5H7FO2/c1-3-8-5(7)4(2)6/h2-3H2,1H3/i1D3,2D2,3D2. The summed E-state index contributed by atoms with van der Waals surface area (Å²) in [6.45, 7) is -8.15. The topological polar surface area (TPSA) is 26.3 Å². The highest BCUT2D eigenvalue weighted by Gasteiger charge is 2.03. The predicted octanol–water partition coefficient (Wildman–Crippen LogP) is 1.03. The van der Waals surface area contributed by atoms with Crippen molar-refractivity contribution in [3.8, 4) is 0 Å². The minimum atomic E-state index is -3.36. The van der Waals surface area contributed by atoms with Crippen LogP contribution in [0.15, 0.2) is 12.4 Å². The summed E-state index contributed by atoms with van der Waals surface area (Å²) in [5, 5.41) is 0. The average molecular weight is 125 g/mol. The molecule has 8 heavy (non-hydrogen) atoms. The van der Waals surface area contributed by atoms with Crippen LogP contribution in [0.25, 0.3) is 0 Å². The van der Waals surface area contributed by atoms with Crippen molar-refractivity contribution in [3.05, 3.63) is 12.4 Å². The largest absolute Gasteiger partial charge is 0.461 e. The first kappa shape index (κ1) is 1.56. The normalized spacial score (nSPS) is 23.9. The van der Waals surface area contributed by atoms with Crippen molar-refractivity contribution in [3.63, 3.8) is 0 Å². The van der Waals surface area contributed by atoms with Crippen molar-refractivity contribution in [2.24, 2.45) is 0 Å². The van der Waals surface area contributed by atoms with Crippen molar-refractivity contribution in [2.45, 2.75) is 6.85 Å². The molecule has 0 aliphatic rings. The summed E-state index contributed by atoms with van der Waals surface area (Å²) < 4.78 is 62.4. The second-order valence-corrected chi connectivity index (χ2v) is 0.806. The zero-order valence-corrected chi connectivity index (χ0v) is 3.69. The summed E-state index contributed by atoms with van der Waals surface area (Å²) in [5.41, 5.74) is 0. The third-order valence-corrected chi connectivity index (χ3v) is 0.323. The van der Waals surface area contributed by atoms with Gasteiger partial charge in [0.1, 0.15) is 0 Å². The molecule has 0 amide bonds. The van der Waals surface area contributed by atoms with E-state index in [2.05, 4.69) is 4.74 Å². The third kappa shape index (κ3) is 2.34. The van der Waals surface area contributed by atoms with Crippen molar-refractivity contribution >= 4 is 5.97 Å². The molecule has 0 aromatic carbocycles. The van der Waals surface area contributed by atoms with Gasteiger partial charge in [0.15, 0.2) is 0 Å². The van der Waals surface area contributed by atoms with E-state index in [1.807, 2.05) is 0 Å². The highest BCUT2D eigenvalue weighted by atomic mass is 19.1. The molecule has 0 aliphatic heterocycles. The van der Waals surface area contributed by atoms with Gasteiger partial charge in [0.05, 0.1) is 12.0 Å². The molecule has 0 rings (SSSR count). The van der Waals surface area contributed by atoms with Gasteiger partial charge >= 0.3 is 5.97 Å². The van der Waals surface area contributed by atoms with E-state index in [9.17, 15) is 9.18 Å². The number of halogens is 1. The molecule has 0 aromatic heterocycles. The molecule has 0 spiro atoms. The molecule has 2 nitrogen and oxygen atoms in total. The van der Waals surface area contributed by atoms with Crippen LogP contribution in [0.3, 0.4) is 0 Å². The average Bonchev–Trinajstić information content (AvgIpc) is 1.99. The van der Waals surface area contributed by atoms with Crippen molar-refractivity contribution in [2.75, 3.05) is 6.56 Å². The van der Waals surface area contributed by atoms with Gasteiger partial charge in [-0.2, -0.15) is 4.39 Å². The van der Waals surface area contributed by atoms with Crippen LogP contribution in [0, 0.1) is 0 Å². The summed E-state index contributed by atoms with van der Waals surface area (Å²) in [6.07, 6.45) is 0. The van der Waals surface area contributed by atoms with E-state index in [0.29, 0.717) is 0 Å². The van der Waals surface area contributed by atoms with Gasteiger partial charge < -0.3 is 4.74 Å². The molecule has 0 aliphatic carbocycles. The molecular weight excluding hydrogens is 111 g/mol. The summed E-state index contributed by atoms with van der Waals surface area (Å²) >= 11 is 0. The number of carbonyl (C=O) groups is 1. The molecule has 0 atom stereocenters. The highest BCUT2D eigenvalue weighted by Crippen LogP contribution is 1.93. The fraction of sp³-hybridized carbons (Fsp3) is 0.400. The maximum atomic E-state index is 12.5. The maximum absolute atomic E-state index is 12.5. The first-order valence-electron chi connectivity index (χ1n) is 5.05. The van der Waals surface area contributed by atoms with Gasteiger partial charge in [0.25, 0.3) is 0 Å². The lowest BCUT2D eigenvalue weighted by molar-refractivity contribution is -0.140. The number of ether oxygens (including phenoxy) is 1. The van der Waals surface area contributed by atoms with Crippen LogP contribution >= 0.6 is 0 Å². The van der Waals surface area contributed by atoms with E-state index < -0.39 is 31.7 Å². The molecule has 3 heteroatoms. The summed E-state index contributed by atoms with van der Waals surface area (Å²) in [4.78, 5) is 10.7. The first-order valence-corrected chi connectivity index (χ1v) is 1.55. The second kappa shape index (κ2) is 3.18. The molecule has 0 heterocycles. The van der Waals surface area contributed by atoms with Gasteiger partial charge in [-0.3, -0.25) is 0 Å². The minimum absolute atomic E-state index is 1.51. The van der Waals surface area contributed by atoms with E-state index in [0.717, 1.165) is 0 Å². The minimum Gasteiger partial charge on any atom is -0.461 e. The molecule has 0 radical (unpaired) electrons. The number of esters is 1. The Morgan fingerprint density at radius 3 is 3.62 bits per heavy atom. The lowest BCUT2D eigenvalue weighted by Gasteiger charge is -1.94. The Bertz CT molecular complexity index is 290. The smallest absolute Gasteiger partial charge is 0.366 e. The Labute approximate surface area is 56.8 Å². The molecule has 0 saturated carbocycles. The van der Waals surface area contributed by atoms with Crippen LogP contribution in [-0.2, 0) is 9.53 Å². The summed E-state index contributed by atoms with van der Waals surface area (Å²) in [7, 11) is 0. The Hall–Kier alpha value is -0.860. The van der Waals surface area contributed by atoms with Crippen LogP contribution < -0.4 is 0 Å². The van der Waals surface area contributed by atoms with Crippen molar-refractivity contribution < 1.29 is 23.5 Å². The van der Waals surface area contributed by atoms with Gasteiger partial charge in [-0.25, -0.2) is 4.79 Å². The molecule has 0 unspecified atom stereocenters. The van der Waals surface area contributed by atoms with Crippen LogP contribution in [0.1, 0.15) is 16.4 Å². The first-order chi connectivity index (χ1) is 6.49.